The second-order valence-electron chi connectivity index (χ2n) is 5.06. The number of hydrogen-bond donors (Lipinski definition) is 1. The van der Waals surface area contributed by atoms with Gasteiger partial charge >= 0.3 is 0 Å². The largest absolute Gasteiger partial charge is 0.341 e. The minimum absolute atomic E-state index is 0. The highest BCUT2D eigenvalue weighted by Gasteiger charge is 2.27. The number of carbonyl (C=O) groups is 1. The first kappa shape index (κ1) is 18.0. The number of nitrogens with zero attached hydrogens (tertiary/aromatic N) is 2. The molecule has 1 atom stereocenters. The molecule has 0 aromatic heterocycles. The minimum Gasteiger partial charge on any atom is -0.341 e. The molecule has 18 heavy (non-hydrogen) atoms. The highest BCUT2D eigenvalue weighted by atomic mass is 35.5. The first-order valence-corrected chi connectivity index (χ1v) is 6.50. The van der Waals surface area contributed by atoms with E-state index in [0.29, 0.717) is 5.92 Å². The Bertz CT molecular complexity index is 247. The van der Waals surface area contributed by atoms with Crippen LogP contribution in [0.1, 0.15) is 25.7 Å². The molecule has 4 nitrogen and oxygen atoms in total. The molecule has 2 saturated heterocycles. The lowest BCUT2D eigenvalue weighted by Gasteiger charge is -2.28. The molecule has 2 N–H and O–H groups in total. The van der Waals surface area contributed by atoms with Gasteiger partial charge < -0.3 is 15.5 Å². The predicted octanol–water partition coefficient (Wildman–Crippen LogP) is 1.12. The minimum atomic E-state index is 0. The number of nitrogens with two attached hydrogens (primary N) is 1. The number of piperidine rings is 1. The van der Waals surface area contributed by atoms with Crippen LogP contribution in [-0.4, -0.2) is 55.0 Å². The summed E-state index contributed by atoms with van der Waals surface area (Å²) >= 11 is 0. The van der Waals surface area contributed by atoms with Crippen molar-refractivity contribution in [3.63, 3.8) is 0 Å². The molecule has 2 heterocycles. The Hall–Kier alpha value is -0.0300. The van der Waals surface area contributed by atoms with Crippen LogP contribution in [0.25, 0.3) is 0 Å². The predicted molar refractivity (Wildman–Crippen MR) is 78.5 cm³/mol. The van der Waals surface area contributed by atoms with Gasteiger partial charge in [-0.05, 0) is 38.3 Å². The molecule has 0 aromatic rings. The zero-order valence-electron chi connectivity index (χ0n) is 10.8. The molecule has 0 aromatic carbocycles. The van der Waals surface area contributed by atoms with Gasteiger partial charge in [0, 0.05) is 19.6 Å². The van der Waals surface area contributed by atoms with Gasteiger partial charge in [0.2, 0.25) is 5.91 Å². The molecular weight excluding hydrogens is 273 g/mol. The van der Waals surface area contributed by atoms with Gasteiger partial charge in [0.05, 0.1) is 6.54 Å². The van der Waals surface area contributed by atoms with E-state index in [9.17, 15) is 4.79 Å². The fourth-order valence-corrected chi connectivity index (χ4v) is 2.84. The number of hydrogen-bond acceptors (Lipinski definition) is 3. The van der Waals surface area contributed by atoms with Crippen molar-refractivity contribution in [1.82, 2.24) is 9.80 Å². The van der Waals surface area contributed by atoms with E-state index in [-0.39, 0.29) is 37.3 Å². The van der Waals surface area contributed by atoms with E-state index >= 15 is 0 Å². The van der Waals surface area contributed by atoms with Crippen LogP contribution in [0.5, 0.6) is 0 Å². The number of carbonyl (C=O) groups excluding carboxylic acids is 1. The van der Waals surface area contributed by atoms with E-state index in [2.05, 4.69) is 4.90 Å². The first-order chi connectivity index (χ1) is 7.79. The van der Waals surface area contributed by atoms with Crippen molar-refractivity contribution < 1.29 is 4.79 Å². The van der Waals surface area contributed by atoms with Crippen LogP contribution in [0.2, 0.25) is 0 Å². The lowest BCUT2D eigenvalue weighted by atomic mass is 10.1. The summed E-state index contributed by atoms with van der Waals surface area (Å²) in [5.41, 5.74) is 5.38. The highest BCUT2D eigenvalue weighted by Crippen LogP contribution is 2.19. The monoisotopic (exact) mass is 297 g/mol. The van der Waals surface area contributed by atoms with Crippen LogP contribution in [0.15, 0.2) is 0 Å². The second-order valence-corrected chi connectivity index (χ2v) is 5.06. The van der Waals surface area contributed by atoms with E-state index in [1.165, 1.54) is 38.9 Å². The Morgan fingerprint density at radius 3 is 2.39 bits per heavy atom. The van der Waals surface area contributed by atoms with E-state index < -0.39 is 0 Å². The molecule has 0 radical (unpaired) electrons. The molecule has 2 aliphatic heterocycles. The van der Waals surface area contributed by atoms with Crippen molar-refractivity contribution in [2.45, 2.75) is 25.7 Å². The van der Waals surface area contributed by atoms with Gasteiger partial charge in [0.15, 0.2) is 0 Å². The zero-order valence-corrected chi connectivity index (χ0v) is 12.5. The highest BCUT2D eigenvalue weighted by molar-refractivity contribution is 5.85. The van der Waals surface area contributed by atoms with E-state index in [1.807, 2.05) is 4.90 Å². The summed E-state index contributed by atoms with van der Waals surface area (Å²) in [6, 6.07) is 0. The molecule has 0 saturated carbocycles. The van der Waals surface area contributed by atoms with Gasteiger partial charge in [0.1, 0.15) is 0 Å². The van der Waals surface area contributed by atoms with Crippen molar-refractivity contribution in [3.05, 3.63) is 0 Å². The lowest BCUT2D eigenvalue weighted by molar-refractivity contribution is -0.128. The van der Waals surface area contributed by atoms with E-state index in [4.69, 9.17) is 5.73 Å². The Balaban J connectivity index is 0.00000144. The van der Waals surface area contributed by atoms with Gasteiger partial charge in [-0.15, -0.1) is 24.8 Å². The van der Waals surface area contributed by atoms with Crippen LogP contribution in [0.4, 0.5) is 0 Å². The fraction of sp³-hybridized carbons (Fsp3) is 0.917. The van der Waals surface area contributed by atoms with Gasteiger partial charge in [-0.25, -0.2) is 0 Å². The van der Waals surface area contributed by atoms with Gasteiger partial charge in [-0.3, -0.25) is 4.79 Å². The third-order valence-corrected chi connectivity index (χ3v) is 3.78. The van der Waals surface area contributed by atoms with Crippen molar-refractivity contribution >= 4 is 30.7 Å². The maximum Gasteiger partial charge on any atom is 0.236 e. The zero-order chi connectivity index (χ0) is 11.4. The second kappa shape index (κ2) is 8.97. The van der Waals surface area contributed by atoms with Crippen molar-refractivity contribution in [3.8, 4) is 0 Å². The SMILES string of the molecule is Cl.Cl.NCC(=O)N1CCC(CN2CCCCC2)C1. The quantitative estimate of drug-likeness (QED) is 0.849. The molecule has 2 rings (SSSR count). The Morgan fingerprint density at radius 2 is 1.78 bits per heavy atom. The maximum atomic E-state index is 11.4. The number of halogens is 2. The van der Waals surface area contributed by atoms with Gasteiger partial charge in [-0.1, -0.05) is 6.42 Å². The molecule has 0 bridgehead atoms. The lowest BCUT2D eigenvalue weighted by Crippen LogP contribution is -2.37. The Labute approximate surface area is 122 Å². The maximum absolute atomic E-state index is 11.4. The summed E-state index contributed by atoms with van der Waals surface area (Å²) in [7, 11) is 0. The summed E-state index contributed by atoms with van der Waals surface area (Å²) in [5, 5.41) is 0. The van der Waals surface area contributed by atoms with Gasteiger partial charge in [0.25, 0.3) is 0 Å². The van der Waals surface area contributed by atoms with E-state index in [0.717, 1.165) is 19.5 Å². The molecule has 1 amide bonds. The molecule has 1 unspecified atom stereocenters. The third-order valence-electron chi connectivity index (χ3n) is 3.78. The number of likely N-dealkylation sites (tertiary alicyclic amines) is 2. The molecule has 108 valence electrons. The summed E-state index contributed by atoms with van der Waals surface area (Å²) < 4.78 is 0. The summed E-state index contributed by atoms with van der Waals surface area (Å²) in [6.45, 7) is 5.68. The van der Waals surface area contributed by atoms with Crippen molar-refractivity contribution in [1.29, 1.82) is 0 Å². The topological polar surface area (TPSA) is 49.6 Å². The number of rotatable bonds is 3. The van der Waals surface area contributed by atoms with Crippen molar-refractivity contribution in [2.24, 2.45) is 11.7 Å². The average molecular weight is 298 g/mol. The van der Waals surface area contributed by atoms with Crippen LogP contribution >= 0.6 is 24.8 Å². The Kier molecular flexibility index (Phi) is 8.95. The summed E-state index contributed by atoms with van der Waals surface area (Å²) in [4.78, 5) is 15.9. The van der Waals surface area contributed by atoms with E-state index in [1.54, 1.807) is 0 Å². The molecule has 6 heteroatoms. The van der Waals surface area contributed by atoms with Crippen LogP contribution in [-0.2, 0) is 4.79 Å². The molecule has 2 aliphatic rings. The summed E-state index contributed by atoms with van der Waals surface area (Å²) in [6.07, 6.45) is 5.23. The fourth-order valence-electron chi connectivity index (χ4n) is 2.84. The first-order valence-electron chi connectivity index (χ1n) is 6.50. The summed E-state index contributed by atoms with van der Waals surface area (Å²) in [5.74, 6) is 0.787. The van der Waals surface area contributed by atoms with Crippen LogP contribution in [0.3, 0.4) is 0 Å². The normalized spacial score (nSPS) is 24.3. The Morgan fingerprint density at radius 1 is 1.11 bits per heavy atom. The van der Waals surface area contributed by atoms with Gasteiger partial charge in [-0.2, -0.15) is 0 Å². The molecular formula is C12H25Cl2N3O. The van der Waals surface area contributed by atoms with Crippen LogP contribution < -0.4 is 5.73 Å². The third kappa shape index (κ3) is 4.92. The van der Waals surface area contributed by atoms with Crippen LogP contribution in [0, 0.1) is 5.92 Å². The molecule has 0 aliphatic carbocycles. The molecule has 2 fully saturated rings. The molecule has 0 spiro atoms. The average Bonchev–Trinajstić information content (AvgIpc) is 2.78. The standard InChI is InChI=1S/C12H23N3O.2ClH/c13-8-12(16)15-7-4-11(10-15)9-14-5-2-1-3-6-14;;/h11H,1-10,13H2;2*1H. The van der Waals surface area contributed by atoms with Crippen molar-refractivity contribution in [2.75, 3.05) is 39.3 Å². The number of amides is 1. The smallest absolute Gasteiger partial charge is 0.236 e.